The number of nitrogens with zero attached hydrogens (tertiary/aromatic N) is 3. The van der Waals surface area contributed by atoms with Crippen molar-refractivity contribution in [2.45, 2.75) is 12.8 Å². The van der Waals surface area contributed by atoms with Crippen LogP contribution in [0.15, 0.2) is 42.7 Å². The Kier molecular flexibility index (Phi) is 2.78. The number of benzene rings is 1. The fraction of sp³-hybridized carbons (Fsp3) is 0.200. The van der Waals surface area contributed by atoms with E-state index in [2.05, 4.69) is 9.97 Å². The molecule has 1 aromatic carbocycles. The number of imidazole rings is 1. The smallest absolute Gasteiger partial charge is 0.270 e. The summed E-state index contributed by atoms with van der Waals surface area (Å²) in [6.07, 6.45) is 3.42. The minimum absolute atomic E-state index is 0.00156. The normalized spacial score (nSPS) is 12.0. The summed E-state index contributed by atoms with van der Waals surface area (Å²) in [4.78, 5) is 8.58. The maximum absolute atomic E-state index is 13.2. The largest absolute Gasteiger partial charge is 0.326 e. The van der Waals surface area contributed by atoms with Crippen LogP contribution in [0.2, 0.25) is 0 Å². The third-order valence-corrected chi connectivity index (χ3v) is 3.33. The van der Waals surface area contributed by atoms with Gasteiger partial charge in [-0.05, 0) is 6.07 Å². The fourth-order valence-electron chi connectivity index (χ4n) is 2.21. The second kappa shape index (κ2) is 4.37. The summed E-state index contributed by atoms with van der Waals surface area (Å²) in [5.41, 5.74) is 2.55. The molecule has 0 aliphatic carbocycles. The fourth-order valence-corrected chi connectivity index (χ4v) is 2.21. The molecule has 5 heteroatoms. The zero-order valence-electron chi connectivity index (χ0n) is 11.1. The van der Waals surface area contributed by atoms with E-state index in [9.17, 15) is 8.78 Å². The number of fused-ring (bicyclic) bond motifs is 1. The van der Waals surface area contributed by atoms with Crippen molar-refractivity contribution in [1.29, 1.82) is 0 Å². The number of aryl methyl sites for hydroxylation is 1. The monoisotopic (exact) mass is 273 g/mol. The molecule has 0 aliphatic rings. The van der Waals surface area contributed by atoms with Crippen molar-refractivity contribution >= 4 is 11.0 Å². The van der Waals surface area contributed by atoms with E-state index in [4.69, 9.17) is 0 Å². The molecule has 0 saturated carbocycles. The van der Waals surface area contributed by atoms with Crippen LogP contribution in [0.1, 0.15) is 12.5 Å². The van der Waals surface area contributed by atoms with Crippen LogP contribution in [0.3, 0.4) is 0 Å². The zero-order valence-corrected chi connectivity index (χ0v) is 11.1. The van der Waals surface area contributed by atoms with E-state index in [1.54, 1.807) is 24.5 Å². The molecule has 2 heterocycles. The molecule has 0 aliphatic heterocycles. The quantitative estimate of drug-likeness (QED) is 0.712. The standard InChI is InChI=1S/C15H13F2N3/c1-15(16,17)11-5-3-10(4-6-11)14-19-12-7-8-18-9-13(12)20(14)2/h3-9H,1-2H3. The lowest BCUT2D eigenvalue weighted by molar-refractivity contribution is 0.0175. The van der Waals surface area contributed by atoms with Crippen molar-refractivity contribution in [2.75, 3.05) is 0 Å². The van der Waals surface area contributed by atoms with Gasteiger partial charge in [-0.15, -0.1) is 0 Å². The Hall–Kier alpha value is -2.30. The van der Waals surface area contributed by atoms with E-state index in [0.29, 0.717) is 0 Å². The molecule has 2 aromatic heterocycles. The minimum atomic E-state index is -2.82. The number of rotatable bonds is 2. The number of halogens is 2. The minimum Gasteiger partial charge on any atom is -0.326 e. The van der Waals surface area contributed by atoms with Crippen LogP contribution in [0.4, 0.5) is 8.78 Å². The molecule has 0 atom stereocenters. The summed E-state index contributed by atoms with van der Waals surface area (Å²) >= 11 is 0. The van der Waals surface area contributed by atoms with Crippen molar-refractivity contribution < 1.29 is 8.78 Å². The number of alkyl halides is 2. The number of aromatic nitrogens is 3. The Labute approximate surface area is 114 Å². The van der Waals surface area contributed by atoms with Gasteiger partial charge in [0.2, 0.25) is 0 Å². The van der Waals surface area contributed by atoms with Crippen molar-refractivity contribution in [2.24, 2.45) is 7.05 Å². The SMILES string of the molecule is Cn1c(-c2ccc(C(C)(F)F)cc2)nc2ccncc21. The molecule has 3 rings (SSSR count). The van der Waals surface area contributed by atoms with Gasteiger partial charge in [-0.25, -0.2) is 13.8 Å². The highest BCUT2D eigenvalue weighted by Gasteiger charge is 2.24. The van der Waals surface area contributed by atoms with Crippen molar-refractivity contribution in [3.05, 3.63) is 48.3 Å². The molecule has 0 amide bonds. The second-order valence-electron chi connectivity index (χ2n) is 4.82. The van der Waals surface area contributed by atoms with Crippen LogP contribution in [0.25, 0.3) is 22.4 Å². The van der Waals surface area contributed by atoms with Gasteiger partial charge in [0.25, 0.3) is 5.92 Å². The summed E-state index contributed by atoms with van der Waals surface area (Å²) in [6.45, 7) is 0.892. The van der Waals surface area contributed by atoms with Crippen LogP contribution >= 0.6 is 0 Å². The first-order valence-electron chi connectivity index (χ1n) is 6.22. The molecule has 102 valence electrons. The predicted octanol–water partition coefficient (Wildman–Crippen LogP) is 3.75. The van der Waals surface area contributed by atoms with Crippen LogP contribution in [-0.4, -0.2) is 14.5 Å². The molecular formula is C15H13F2N3. The Bertz CT molecular complexity index is 755. The van der Waals surface area contributed by atoms with Crippen molar-refractivity contribution in [1.82, 2.24) is 14.5 Å². The average molecular weight is 273 g/mol. The van der Waals surface area contributed by atoms with Gasteiger partial charge in [0, 0.05) is 31.3 Å². The highest BCUT2D eigenvalue weighted by atomic mass is 19.3. The maximum atomic E-state index is 13.2. The molecule has 0 bridgehead atoms. The third kappa shape index (κ3) is 2.05. The maximum Gasteiger partial charge on any atom is 0.270 e. The van der Waals surface area contributed by atoms with E-state index < -0.39 is 5.92 Å². The van der Waals surface area contributed by atoms with Crippen LogP contribution < -0.4 is 0 Å². The Balaban J connectivity index is 2.09. The van der Waals surface area contributed by atoms with Crippen LogP contribution in [0, 0.1) is 0 Å². The number of hydrogen-bond acceptors (Lipinski definition) is 2. The molecule has 0 fully saturated rings. The molecule has 0 radical (unpaired) electrons. The molecule has 3 aromatic rings. The topological polar surface area (TPSA) is 30.7 Å². The second-order valence-corrected chi connectivity index (χ2v) is 4.82. The van der Waals surface area contributed by atoms with Gasteiger partial charge >= 0.3 is 0 Å². The average Bonchev–Trinajstić information content (AvgIpc) is 2.76. The third-order valence-electron chi connectivity index (χ3n) is 3.33. The molecule has 0 N–H and O–H groups in total. The predicted molar refractivity (Wildman–Crippen MR) is 73.5 cm³/mol. The van der Waals surface area contributed by atoms with Gasteiger partial charge in [-0.1, -0.05) is 24.3 Å². The Morgan fingerprint density at radius 1 is 1.10 bits per heavy atom. The van der Waals surface area contributed by atoms with Crippen molar-refractivity contribution in [3.63, 3.8) is 0 Å². The zero-order chi connectivity index (χ0) is 14.3. The van der Waals surface area contributed by atoms with E-state index in [-0.39, 0.29) is 5.56 Å². The summed E-state index contributed by atoms with van der Waals surface area (Å²) in [6, 6.07) is 8.04. The number of hydrogen-bond donors (Lipinski definition) is 0. The van der Waals surface area contributed by atoms with Crippen LogP contribution in [-0.2, 0) is 13.0 Å². The van der Waals surface area contributed by atoms with Crippen LogP contribution in [0.5, 0.6) is 0 Å². The van der Waals surface area contributed by atoms with Gasteiger partial charge in [-0.2, -0.15) is 0 Å². The van der Waals surface area contributed by atoms with E-state index >= 15 is 0 Å². The van der Waals surface area contributed by atoms with Gasteiger partial charge < -0.3 is 4.57 Å². The van der Waals surface area contributed by atoms with E-state index in [0.717, 1.165) is 29.3 Å². The first-order chi connectivity index (χ1) is 9.47. The Morgan fingerprint density at radius 2 is 1.80 bits per heavy atom. The molecule has 0 unspecified atom stereocenters. The molecule has 20 heavy (non-hydrogen) atoms. The van der Waals surface area contributed by atoms with E-state index in [1.807, 2.05) is 17.7 Å². The number of pyridine rings is 1. The van der Waals surface area contributed by atoms with Gasteiger partial charge in [0.15, 0.2) is 0 Å². The first kappa shape index (κ1) is 12.7. The summed E-state index contributed by atoms with van der Waals surface area (Å²) in [5.74, 6) is -2.09. The lowest BCUT2D eigenvalue weighted by Crippen LogP contribution is -2.06. The van der Waals surface area contributed by atoms with Gasteiger partial charge in [-0.3, -0.25) is 4.98 Å². The summed E-state index contributed by atoms with van der Waals surface area (Å²) in [7, 11) is 1.88. The molecule has 0 saturated heterocycles. The summed E-state index contributed by atoms with van der Waals surface area (Å²) < 4.78 is 28.3. The molecule has 0 spiro atoms. The first-order valence-corrected chi connectivity index (χ1v) is 6.22. The van der Waals surface area contributed by atoms with Crippen molar-refractivity contribution in [3.8, 4) is 11.4 Å². The molecular weight excluding hydrogens is 260 g/mol. The lowest BCUT2D eigenvalue weighted by Gasteiger charge is -2.11. The van der Waals surface area contributed by atoms with Gasteiger partial charge in [0.05, 0.1) is 17.2 Å². The highest BCUT2D eigenvalue weighted by Crippen LogP contribution is 2.29. The highest BCUT2D eigenvalue weighted by molar-refractivity contribution is 5.79. The Morgan fingerprint density at radius 3 is 2.40 bits per heavy atom. The van der Waals surface area contributed by atoms with E-state index in [1.165, 1.54) is 12.1 Å². The summed E-state index contributed by atoms with van der Waals surface area (Å²) in [5, 5.41) is 0. The lowest BCUT2D eigenvalue weighted by atomic mass is 10.1. The van der Waals surface area contributed by atoms with Gasteiger partial charge in [0.1, 0.15) is 5.82 Å². The molecule has 3 nitrogen and oxygen atoms in total.